The second-order valence-electron chi connectivity index (χ2n) is 5.44. The molecular formula is C16H19N3O. The molecule has 0 spiro atoms. The molecule has 1 amide bonds. The Morgan fingerprint density at radius 2 is 2.00 bits per heavy atom. The van der Waals surface area contributed by atoms with Gasteiger partial charge in [-0.2, -0.15) is 5.10 Å². The van der Waals surface area contributed by atoms with Gasteiger partial charge in [0.1, 0.15) is 0 Å². The number of nitrogens with zero attached hydrogens (tertiary/aromatic N) is 3. The summed E-state index contributed by atoms with van der Waals surface area (Å²) in [7, 11) is 1.97. The number of hydrogen-bond donors (Lipinski definition) is 0. The minimum absolute atomic E-state index is 0.113. The number of carbonyl (C=O) groups is 1. The summed E-state index contributed by atoms with van der Waals surface area (Å²) in [5, 5.41) is 4.30. The molecule has 20 heavy (non-hydrogen) atoms. The van der Waals surface area contributed by atoms with Gasteiger partial charge < -0.3 is 4.90 Å². The largest absolute Gasteiger partial charge is 0.334 e. The zero-order valence-electron chi connectivity index (χ0n) is 12.0. The van der Waals surface area contributed by atoms with Crippen molar-refractivity contribution in [3.8, 4) is 0 Å². The van der Waals surface area contributed by atoms with Crippen molar-refractivity contribution in [3.05, 3.63) is 52.8 Å². The van der Waals surface area contributed by atoms with Crippen LogP contribution in [-0.2, 0) is 20.0 Å². The predicted octanol–water partition coefficient (Wildman–Crippen LogP) is 2.32. The summed E-state index contributed by atoms with van der Waals surface area (Å²) in [5.41, 5.74) is 4.37. The molecule has 1 aliphatic rings. The lowest BCUT2D eigenvalue weighted by Crippen LogP contribution is -2.30. The second-order valence-corrected chi connectivity index (χ2v) is 5.44. The van der Waals surface area contributed by atoms with E-state index < -0.39 is 0 Å². The molecule has 0 unspecified atom stereocenters. The maximum absolute atomic E-state index is 12.6. The normalized spacial score (nSPS) is 14.8. The van der Waals surface area contributed by atoms with Gasteiger partial charge in [0.15, 0.2) is 0 Å². The van der Waals surface area contributed by atoms with E-state index in [4.69, 9.17) is 0 Å². The molecule has 3 rings (SSSR count). The van der Waals surface area contributed by atoms with Crippen LogP contribution < -0.4 is 0 Å². The Hall–Kier alpha value is -2.10. The summed E-state index contributed by atoms with van der Waals surface area (Å²) in [4.78, 5) is 14.5. The van der Waals surface area contributed by atoms with Crippen LogP contribution in [0.25, 0.3) is 0 Å². The fourth-order valence-corrected chi connectivity index (χ4v) is 2.74. The van der Waals surface area contributed by atoms with Crippen LogP contribution in [0.4, 0.5) is 0 Å². The molecule has 0 fully saturated rings. The first kappa shape index (κ1) is 12.9. The third-order valence-electron chi connectivity index (χ3n) is 3.94. The van der Waals surface area contributed by atoms with Crippen molar-refractivity contribution >= 4 is 5.91 Å². The zero-order chi connectivity index (χ0) is 14.1. The van der Waals surface area contributed by atoms with Crippen molar-refractivity contribution in [3.63, 3.8) is 0 Å². The Balaban J connectivity index is 1.84. The number of aryl methyl sites for hydroxylation is 2. The van der Waals surface area contributed by atoms with E-state index in [1.165, 1.54) is 16.8 Å². The van der Waals surface area contributed by atoms with Gasteiger partial charge >= 0.3 is 0 Å². The van der Waals surface area contributed by atoms with E-state index in [0.29, 0.717) is 6.54 Å². The van der Waals surface area contributed by atoms with Crippen molar-refractivity contribution in [1.29, 1.82) is 0 Å². The van der Waals surface area contributed by atoms with Crippen LogP contribution in [0.5, 0.6) is 0 Å². The molecule has 1 aromatic heterocycles. The monoisotopic (exact) mass is 269 g/mol. The van der Waals surface area contributed by atoms with Gasteiger partial charge in [-0.25, -0.2) is 0 Å². The maximum Gasteiger partial charge on any atom is 0.254 e. The third kappa shape index (κ3) is 2.33. The number of hydrogen-bond acceptors (Lipinski definition) is 2. The van der Waals surface area contributed by atoms with Crippen molar-refractivity contribution in [1.82, 2.24) is 14.7 Å². The fraction of sp³-hybridized carbons (Fsp3) is 0.375. The molecule has 1 aliphatic heterocycles. The summed E-state index contributed by atoms with van der Waals surface area (Å²) in [6.07, 6.45) is 3.86. The van der Waals surface area contributed by atoms with Gasteiger partial charge in [0.2, 0.25) is 0 Å². The smallest absolute Gasteiger partial charge is 0.254 e. The quantitative estimate of drug-likeness (QED) is 0.797. The molecule has 2 aromatic rings. The first-order valence-corrected chi connectivity index (χ1v) is 7.01. The van der Waals surface area contributed by atoms with Crippen LogP contribution in [0, 0.1) is 6.92 Å². The van der Waals surface area contributed by atoms with Gasteiger partial charge in [-0.1, -0.05) is 17.7 Å². The molecule has 0 atom stereocenters. The molecule has 0 saturated carbocycles. The molecule has 0 bridgehead atoms. The van der Waals surface area contributed by atoms with Crippen molar-refractivity contribution < 1.29 is 4.79 Å². The molecule has 0 aliphatic carbocycles. The molecule has 4 nitrogen and oxygen atoms in total. The van der Waals surface area contributed by atoms with Crippen molar-refractivity contribution in [2.24, 2.45) is 7.05 Å². The lowest BCUT2D eigenvalue weighted by Gasteiger charge is -2.20. The van der Waals surface area contributed by atoms with Gasteiger partial charge in [0.05, 0.1) is 6.20 Å². The Bertz CT molecular complexity index is 628. The first-order valence-electron chi connectivity index (χ1n) is 7.01. The van der Waals surface area contributed by atoms with E-state index in [0.717, 1.165) is 24.9 Å². The van der Waals surface area contributed by atoms with Crippen molar-refractivity contribution in [2.75, 3.05) is 6.54 Å². The molecule has 0 radical (unpaired) electrons. The third-order valence-corrected chi connectivity index (χ3v) is 3.94. The highest BCUT2D eigenvalue weighted by atomic mass is 16.2. The number of amides is 1. The average molecular weight is 269 g/mol. The molecular weight excluding hydrogens is 250 g/mol. The summed E-state index contributed by atoms with van der Waals surface area (Å²) in [6.45, 7) is 3.50. The zero-order valence-corrected chi connectivity index (χ0v) is 12.0. The van der Waals surface area contributed by atoms with E-state index in [-0.39, 0.29) is 5.91 Å². The van der Waals surface area contributed by atoms with Crippen LogP contribution in [0.3, 0.4) is 0 Å². The molecule has 0 saturated heterocycles. The summed E-state index contributed by atoms with van der Waals surface area (Å²) in [6, 6.07) is 7.79. The second kappa shape index (κ2) is 5.12. The summed E-state index contributed by atoms with van der Waals surface area (Å²) in [5.74, 6) is 0.113. The van der Waals surface area contributed by atoms with Gasteiger partial charge in [-0.15, -0.1) is 0 Å². The van der Waals surface area contributed by atoms with E-state index in [1.54, 1.807) is 0 Å². The Kier molecular flexibility index (Phi) is 3.30. The number of benzene rings is 1. The van der Waals surface area contributed by atoms with Gasteiger partial charge in [0, 0.05) is 37.0 Å². The van der Waals surface area contributed by atoms with Gasteiger partial charge in [0.25, 0.3) is 5.91 Å². The SMILES string of the molecule is Cc1ccc(C(=O)N2CCCc3c(cnn3C)C2)cc1. The van der Waals surface area contributed by atoms with Crippen molar-refractivity contribution in [2.45, 2.75) is 26.3 Å². The summed E-state index contributed by atoms with van der Waals surface area (Å²) >= 11 is 0. The van der Waals surface area contributed by atoms with Crippen LogP contribution in [0.1, 0.15) is 33.6 Å². The Morgan fingerprint density at radius 3 is 2.75 bits per heavy atom. The molecule has 4 heteroatoms. The highest BCUT2D eigenvalue weighted by Gasteiger charge is 2.22. The van der Waals surface area contributed by atoms with E-state index in [9.17, 15) is 4.79 Å². The lowest BCUT2D eigenvalue weighted by molar-refractivity contribution is 0.0746. The van der Waals surface area contributed by atoms with E-state index in [1.807, 2.05) is 54.0 Å². The predicted molar refractivity (Wildman–Crippen MR) is 77.4 cm³/mol. The highest BCUT2D eigenvalue weighted by molar-refractivity contribution is 5.94. The van der Waals surface area contributed by atoms with Crippen LogP contribution in [0.2, 0.25) is 0 Å². The number of aromatic nitrogens is 2. The van der Waals surface area contributed by atoms with Crippen LogP contribution >= 0.6 is 0 Å². The van der Waals surface area contributed by atoms with Gasteiger partial charge in [-0.3, -0.25) is 9.48 Å². The molecule has 104 valence electrons. The molecule has 2 heterocycles. The maximum atomic E-state index is 12.6. The van der Waals surface area contributed by atoms with Crippen LogP contribution in [0.15, 0.2) is 30.5 Å². The molecule has 0 N–H and O–H groups in total. The topological polar surface area (TPSA) is 38.1 Å². The molecule has 1 aromatic carbocycles. The lowest BCUT2D eigenvalue weighted by atomic mass is 10.1. The van der Waals surface area contributed by atoms with E-state index >= 15 is 0 Å². The fourth-order valence-electron chi connectivity index (χ4n) is 2.74. The number of fused-ring (bicyclic) bond motifs is 1. The first-order chi connectivity index (χ1) is 9.65. The average Bonchev–Trinajstić information content (AvgIpc) is 2.68. The van der Waals surface area contributed by atoms with E-state index in [2.05, 4.69) is 5.10 Å². The number of rotatable bonds is 1. The Labute approximate surface area is 119 Å². The standard InChI is InChI=1S/C16H19N3O/c1-12-5-7-13(8-6-12)16(20)19-9-3-4-15-14(11-19)10-17-18(15)2/h5-8,10H,3-4,9,11H2,1-2H3. The minimum atomic E-state index is 0.113. The Morgan fingerprint density at radius 1 is 1.25 bits per heavy atom. The highest BCUT2D eigenvalue weighted by Crippen LogP contribution is 2.19. The minimum Gasteiger partial charge on any atom is -0.334 e. The number of carbonyl (C=O) groups excluding carboxylic acids is 1. The van der Waals surface area contributed by atoms with Gasteiger partial charge in [-0.05, 0) is 31.9 Å². The van der Waals surface area contributed by atoms with Crippen LogP contribution in [-0.4, -0.2) is 27.1 Å². The summed E-state index contributed by atoms with van der Waals surface area (Å²) < 4.78 is 1.93.